The first-order chi connectivity index (χ1) is 12.1. The average Bonchev–Trinajstić information content (AvgIpc) is 2.67. The Kier molecular flexibility index (Phi) is 4.95. The van der Waals surface area contributed by atoms with Gasteiger partial charge in [-0.05, 0) is 36.4 Å². The van der Waals surface area contributed by atoms with E-state index in [1.54, 1.807) is 36.5 Å². The normalized spacial score (nSPS) is 15.7. The van der Waals surface area contributed by atoms with E-state index in [1.807, 2.05) is 6.07 Å². The van der Waals surface area contributed by atoms with Gasteiger partial charge in [0.15, 0.2) is 0 Å². The molecule has 1 unspecified atom stereocenters. The van der Waals surface area contributed by atoms with Crippen LogP contribution in [0.2, 0.25) is 0 Å². The van der Waals surface area contributed by atoms with E-state index in [2.05, 4.69) is 10.3 Å². The second-order valence-electron chi connectivity index (χ2n) is 5.61. The number of carbonyl (C=O) groups excluding carboxylic acids is 2. The second-order valence-corrected chi connectivity index (χ2v) is 5.61. The minimum atomic E-state index is -0.281. The largest absolute Gasteiger partial charge is 0.491 e. The predicted octanol–water partition coefficient (Wildman–Crippen LogP) is 1.97. The summed E-state index contributed by atoms with van der Waals surface area (Å²) in [7, 11) is 2.94. The molecule has 25 heavy (non-hydrogen) atoms. The summed E-state index contributed by atoms with van der Waals surface area (Å²) < 4.78 is 5.55. The smallest absolute Gasteiger partial charge is 0.277 e. The Labute approximate surface area is 145 Å². The Bertz CT molecular complexity index is 776. The predicted molar refractivity (Wildman–Crippen MR) is 90.1 cm³/mol. The van der Waals surface area contributed by atoms with Gasteiger partial charge in [-0.25, -0.2) is 5.06 Å². The third kappa shape index (κ3) is 3.61. The van der Waals surface area contributed by atoms with E-state index in [1.165, 1.54) is 14.2 Å². The molecular weight excluding hydrogens is 322 g/mol. The van der Waals surface area contributed by atoms with Gasteiger partial charge < -0.3 is 10.1 Å². The fourth-order valence-corrected chi connectivity index (χ4v) is 2.62. The van der Waals surface area contributed by atoms with Crippen molar-refractivity contribution in [2.45, 2.75) is 12.5 Å². The highest BCUT2D eigenvalue weighted by atomic mass is 16.7. The lowest BCUT2D eigenvalue weighted by molar-refractivity contribution is -0.0757. The Morgan fingerprint density at radius 1 is 1.24 bits per heavy atom. The first-order valence-electron chi connectivity index (χ1n) is 7.91. The number of ether oxygens (including phenoxy) is 1. The summed E-state index contributed by atoms with van der Waals surface area (Å²) >= 11 is 0. The number of aromatic nitrogens is 1. The van der Waals surface area contributed by atoms with E-state index in [9.17, 15) is 9.59 Å². The summed E-state index contributed by atoms with van der Waals surface area (Å²) in [5, 5.41) is 4.10. The molecule has 3 rings (SSSR count). The van der Waals surface area contributed by atoms with Crippen LogP contribution in [0, 0.1) is 0 Å². The molecule has 0 spiro atoms. The number of nitrogens with zero attached hydrogens (tertiary/aromatic N) is 2. The Morgan fingerprint density at radius 3 is 2.68 bits per heavy atom. The number of hydrogen-bond donors (Lipinski definition) is 1. The summed E-state index contributed by atoms with van der Waals surface area (Å²) in [5.41, 5.74) is 1.65. The molecule has 1 N–H and O–H groups in total. The molecule has 0 saturated heterocycles. The van der Waals surface area contributed by atoms with E-state index in [-0.39, 0.29) is 17.9 Å². The molecule has 0 saturated carbocycles. The number of hydroxylamine groups is 2. The third-order valence-corrected chi connectivity index (χ3v) is 4.05. The SMILES string of the molecule is CON(C)C(=O)c1ccc(C(=O)NC2CCOc3cccnc32)cc1. The highest BCUT2D eigenvalue weighted by molar-refractivity contribution is 5.97. The molecule has 1 aliphatic heterocycles. The van der Waals surface area contributed by atoms with Crippen molar-refractivity contribution in [3.05, 3.63) is 59.4 Å². The zero-order valence-corrected chi connectivity index (χ0v) is 14.1. The molecule has 130 valence electrons. The number of pyridine rings is 1. The van der Waals surface area contributed by atoms with Gasteiger partial charge in [0.2, 0.25) is 0 Å². The van der Waals surface area contributed by atoms with Crippen LogP contribution in [-0.2, 0) is 4.84 Å². The summed E-state index contributed by atoms with van der Waals surface area (Å²) in [6.07, 6.45) is 2.34. The quantitative estimate of drug-likeness (QED) is 0.860. The van der Waals surface area contributed by atoms with Gasteiger partial charge in [-0.15, -0.1) is 0 Å². The molecule has 0 radical (unpaired) electrons. The molecule has 7 heteroatoms. The van der Waals surface area contributed by atoms with Gasteiger partial charge in [-0.1, -0.05) is 0 Å². The lowest BCUT2D eigenvalue weighted by Gasteiger charge is -2.25. The number of rotatable bonds is 4. The average molecular weight is 341 g/mol. The summed E-state index contributed by atoms with van der Waals surface area (Å²) in [6, 6.07) is 9.88. The zero-order valence-electron chi connectivity index (χ0n) is 14.1. The van der Waals surface area contributed by atoms with Crippen molar-refractivity contribution in [1.82, 2.24) is 15.4 Å². The van der Waals surface area contributed by atoms with Gasteiger partial charge in [0, 0.05) is 30.8 Å². The van der Waals surface area contributed by atoms with E-state index in [0.29, 0.717) is 29.9 Å². The van der Waals surface area contributed by atoms with Gasteiger partial charge in [0.1, 0.15) is 11.4 Å². The van der Waals surface area contributed by atoms with Crippen molar-refractivity contribution in [3.63, 3.8) is 0 Å². The number of carbonyl (C=O) groups is 2. The molecular formula is C18H19N3O4. The highest BCUT2D eigenvalue weighted by Crippen LogP contribution is 2.29. The number of amides is 2. The van der Waals surface area contributed by atoms with Crippen molar-refractivity contribution in [2.24, 2.45) is 0 Å². The minimum Gasteiger partial charge on any atom is -0.491 e. The first-order valence-corrected chi connectivity index (χ1v) is 7.91. The molecule has 0 bridgehead atoms. The molecule has 7 nitrogen and oxygen atoms in total. The second kappa shape index (κ2) is 7.31. The van der Waals surface area contributed by atoms with Crippen molar-refractivity contribution in [1.29, 1.82) is 0 Å². The maximum atomic E-state index is 12.5. The van der Waals surface area contributed by atoms with E-state index >= 15 is 0 Å². The third-order valence-electron chi connectivity index (χ3n) is 4.05. The summed E-state index contributed by atoms with van der Waals surface area (Å²) in [6.45, 7) is 0.528. The Hall–Kier alpha value is -2.93. The van der Waals surface area contributed by atoms with Gasteiger partial charge in [0.05, 0.1) is 19.8 Å². The molecule has 1 aliphatic rings. The van der Waals surface area contributed by atoms with Gasteiger partial charge in [-0.2, -0.15) is 0 Å². The molecule has 1 aromatic carbocycles. The Balaban J connectivity index is 1.71. The van der Waals surface area contributed by atoms with E-state index in [4.69, 9.17) is 9.57 Å². The van der Waals surface area contributed by atoms with Crippen molar-refractivity contribution < 1.29 is 19.2 Å². The Morgan fingerprint density at radius 2 is 1.96 bits per heavy atom. The van der Waals surface area contributed by atoms with E-state index in [0.717, 1.165) is 10.8 Å². The first kappa shape index (κ1) is 16.9. The fraction of sp³-hybridized carbons (Fsp3) is 0.278. The maximum Gasteiger partial charge on any atom is 0.277 e. The standard InChI is InChI=1S/C18H19N3O4/c1-21(24-2)18(23)13-7-5-12(6-8-13)17(22)20-14-9-11-25-15-4-3-10-19-16(14)15/h3-8,10,14H,9,11H2,1-2H3,(H,20,22). The highest BCUT2D eigenvalue weighted by Gasteiger charge is 2.24. The van der Waals surface area contributed by atoms with Crippen LogP contribution in [0.4, 0.5) is 0 Å². The molecule has 1 atom stereocenters. The van der Waals surface area contributed by atoms with Gasteiger partial charge in [0.25, 0.3) is 11.8 Å². The molecule has 2 aromatic rings. The van der Waals surface area contributed by atoms with E-state index < -0.39 is 0 Å². The van der Waals surface area contributed by atoms with Crippen LogP contribution in [0.3, 0.4) is 0 Å². The number of benzene rings is 1. The lowest BCUT2D eigenvalue weighted by Crippen LogP contribution is -2.32. The van der Waals surface area contributed by atoms with Gasteiger partial charge >= 0.3 is 0 Å². The summed E-state index contributed by atoms with van der Waals surface area (Å²) in [4.78, 5) is 33.7. The van der Waals surface area contributed by atoms with Crippen LogP contribution < -0.4 is 10.1 Å². The fourth-order valence-electron chi connectivity index (χ4n) is 2.62. The number of nitrogens with one attached hydrogen (secondary N) is 1. The lowest BCUT2D eigenvalue weighted by atomic mass is 10.1. The van der Waals surface area contributed by atoms with Crippen molar-refractivity contribution in [2.75, 3.05) is 20.8 Å². The van der Waals surface area contributed by atoms with Crippen LogP contribution in [-0.4, -0.2) is 42.6 Å². The topological polar surface area (TPSA) is 80.8 Å². The summed E-state index contributed by atoms with van der Waals surface area (Å²) in [5.74, 6) is 0.196. The monoisotopic (exact) mass is 341 g/mol. The van der Waals surface area contributed by atoms with Gasteiger partial charge in [-0.3, -0.25) is 19.4 Å². The van der Waals surface area contributed by atoms with Crippen LogP contribution >= 0.6 is 0 Å². The molecule has 0 fully saturated rings. The number of hydrogen-bond acceptors (Lipinski definition) is 5. The van der Waals surface area contributed by atoms with Crippen LogP contribution in [0.15, 0.2) is 42.6 Å². The minimum absolute atomic E-state index is 0.196. The molecule has 1 aromatic heterocycles. The number of fused-ring (bicyclic) bond motifs is 1. The molecule has 2 heterocycles. The van der Waals surface area contributed by atoms with Crippen LogP contribution in [0.5, 0.6) is 5.75 Å². The maximum absolute atomic E-state index is 12.5. The molecule has 2 amide bonds. The van der Waals surface area contributed by atoms with Crippen molar-refractivity contribution >= 4 is 11.8 Å². The van der Waals surface area contributed by atoms with Crippen molar-refractivity contribution in [3.8, 4) is 5.75 Å². The molecule has 0 aliphatic carbocycles. The van der Waals surface area contributed by atoms with Crippen LogP contribution in [0.1, 0.15) is 38.9 Å². The van der Waals surface area contributed by atoms with Crippen LogP contribution in [0.25, 0.3) is 0 Å². The zero-order chi connectivity index (χ0) is 17.8.